The average Bonchev–Trinajstić information content (AvgIpc) is 3.02. The van der Waals surface area contributed by atoms with Crippen molar-refractivity contribution in [3.05, 3.63) is 56.9 Å². The third kappa shape index (κ3) is 3.10. The first-order valence-electron chi connectivity index (χ1n) is 7.66. The summed E-state index contributed by atoms with van der Waals surface area (Å²) in [6.07, 6.45) is 0. The molecule has 3 aromatic rings. The fourth-order valence-electron chi connectivity index (χ4n) is 2.44. The van der Waals surface area contributed by atoms with Crippen LogP contribution < -0.4 is 21.8 Å². The molecule has 0 amide bonds. The SMILES string of the molecule is COc1ccccc1-c1nnc(SCc2cc(=O)n(C)c(=O)n2C)n1N. The first kappa shape index (κ1) is 17.8. The van der Waals surface area contributed by atoms with Crippen LogP contribution in [0.4, 0.5) is 0 Å². The monoisotopic (exact) mass is 374 g/mol. The van der Waals surface area contributed by atoms with Crippen LogP contribution >= 0.6 is 11.8 Å². The lowest BCUT2D eigenvalue weighted by Gasteiger charge is -2.09. The Morgan fingerprint density at radius 3 is 2.62 bits per heavy atom. The van der Waals surface area contributed by atoms with Crippen LogP contribution in [0.15, 0.2) is 45.1 Å². The molecule has 2 aromatic heterocycles. The van der Waals surface area contributed by atoms with Crippen LogP contribution in [0.25, 0.3) is 11.4 Å². The molecular weight excluding hydrogens is 356 g/mol. The van der Waals surface area contributed by atoms with E-state index in [1.807, 2.05) is 24.3 Å². The van der Waals surface area contributed by atoms with Gasteiger partial charge in [-0.25, -0.2) is 9.47 Å². The number of aromatic nitrogens is 5. The number of methoxy groups -OCH3 is 1. The first-order chi connectivity index (χ1) is 12.4. The molecular formula is C16H18N6O3S. The lowest BCUT2D eigenvalue weighted by atomic mass is 10.2. The summed E-state index contributed by atoms with van der Waals surface area (Å²) in [5.74, 6) is 7.57. The zero-order valence-electron chi connectivity index (χ0n) is 14.5. The van der Waals surface area contributed by atoms with Crippen molar-refractivity contribution >= 4 is 11.8 Å². The van der Waals surface area contributed by atoms with E-state index in [0.29, 0.717) is 28.2 Å². The molecule has 2 N–H and O–H groups in total. The van der Waals surface area contributed by atoms with Crippen molar-refractivity contribution in [3.63, 3.8) is 0 Å². The molecule has 0 fully saturated rings. The van der Waals surface area contributed by atoms with Gasteiger partial charge in [0, 0.05) is 31.6 Å². The Bertz CT molecular complexity index is 1070. The van der Waals surface area contributed by atoms with Crippen LogP contribution in [0.2, 0.25) is 0 Å². The number of rotatable bonds is 5. The summed E-state index contributed by atoms with van der Waals surface area (Å²) in [6, 6.07) is 8.78. The summed E-state index contributed by atoms with van der Waals surface area (Å²) < 4.78 is 9.17. The normalized spacial score (nSPS) is 10.9. The minimum Gasteiger partial charge on any atom is -0.496 e. The summed E-state index contributed by atoms with van der Waals surface area (Å²) in [5, 5.41) is 8.69. The van der Waals surface area contributed by atoms with Gasteiger partial charge in [0.1, 0.15) is 5.75 Å². The fraction of sp³-hybridized carbons (Fsp3) is 0.250. The number of ether oxygens (including phenoxy) is 1. The van der Waals surface area contributed by atoms with Crippen molar-refractivity contribution in [2.24, 2.45) is 14.1 Å². The number of thioether (sulfide) groups is 1. The molecule has 26 heavy (non-hydrogen) atoms. The molecule has 1 aromatic carbocycles. The largest absolute Gasteiger partial charge is 0.496 e. The second-order valence-corrected chi connectivity index (χ2v) is 6.48. The molecule has 2 heterocycles. The number of nitrogens with two attached hydrogens (primary N) is 1. The molecule has 136 valence electrons. The molecule has 0 saturated carbocycles. The van der Waals surface area contributed by atoms with Crippen molar-refractivity contribution < 1.29 is 4.74 Å². The lowest BCUT2D eigenvalue weighted by molar-refractivity contribution is 0.416. The molecule has 0 bridgehead atoms. The number of benzene rings is 1. The molecule has 0 aliphatic carbocycles. The van der Waals surface area contributed by atoms with Crippen LogP contribution in [0.5, 0.6) is 5.75 Å². The van der Waals surface area contributed by atoms with Gasteiger partial charge in [-0.15, -0.1) is 10.2 Å². The van der Waals surface area contributed by atoms with Crippen molar-refractivity contribution in [1.82, 2.24) is 24.0 Å². The number of nitrogen functional groups attached to an aromatic ring is 1. The Hall–Kier alpha value is -3.01. The van der Waals surface area contributed by atoms with Crippen molar-refractivity contribution in [3.8, 4) is 17.1 Å². The number of nitrogens with zero attached hydrogens (tertiary/aromatic N) is 5. The van der Waals surface area contributed by atoms with E-state index in [9.17, 15) is 9.59 Å². The molecule has 0 saturated heterocycles. The van der Waals surface area contributed by atoms with Gasteiger partial charge >= 0.3 is 5.69 Å². The maximum atomic E-state index is 12.0. The van der Waals surface area contributed by atoms with Crippen molar-refractivity contribution in [2.75, 3.05) is 13.0 Å². The van der Waals surface area contributed by atoms with Gasteiger partial charge in [0.25, 0.3) is 5.56 Å². The molecule has 0 spiro atoms. The number of para-hydroxylation sites is 1. The van der Waals surface area contributed by atoms with E-state index >= 15 is 0 Å². The average molecular weight is 374 g/mol. The van der Waals surface area contributed by atoms with Crippen LogP contribution in [-0.2, 0) is 19.8 Å². The highest BCUT2D eigenvalue weighted by molar-refractivity contribution is 7.98. The molecule has 0 unspecified atom stereocenters. The topological polar surface area (TPSA) is 110 Å². The van der Waals surface area contributed by atoms with Crippen LogP contribution in [0.3, 0.4) is 0 Å². The highest BCUT2D eigenvalue weighted by Crippen LogP contribution is 2.29. The van der Waals surface area contributed by atoms with Crippen LogP contribution in [0, 0.1) is 0 Å². The van der Waals surface area contributed by atoms with Gasteiger partial charge in [-0.3, -0.25) is 13.9 Å². The maximum Gasteiger partial charge on any atom is 0.330 e. The minimum atomic E-state index is -0.378. The van der Waals surface area contributed by atoms with E-state index in [1.54, 1.807) is 14.2 Å². The standard InChI is InChI=1S/C16H18N6O3S/c1-20-10(8-13(23)21(2)16(20)24)9-26-15-19-18-14(22(15)17)11-6-4-5-7-12(11)25-3/h4-8H,9,17H2,1-3H3. The van der Waals surface area contributed by atoms with Crippen LogP contribution in [-0.4, -0.2) is 31.1 Å². The highest BCUT2D eigenvalue weighted by Gasteiger charge is 2.16. The molecule has 0 aliphatic heterocycles. The van der Waals surface area contributed by atoms with Gasteiger partial charge in [0.15, 0.2) is 5.82 Å². The fourth-order valence-corrected chi connectivity index (χ4v) is 3.32. The van der Waals surface area contributed by atoms with Crippen molar-refractivity contribution in [2.45, 2.75) is 10.9 Å². The predicted octanol–water partition coefficient (Wildman–Crippen LogP) is 0.357. The van der Waals surface area contributed by atoms with Gasteiger partial charge in [-0.05, 0) is 12.1 Å². The molecule has 0 aliphatic rings. The summed E-state index contributed by atoms with van der Waals surface area (Å²) in [7, 11) is 4.63. The third-order valence-electron chi connectivity index (χ3n) is 3.99. The van der Waals surface area contributed by atoms with Gasteiger partial charge in [0.2, 0.25) is 5.16 Å². The Morgan fingerprint density at radius 2 is 1.88 bits per heavy atom. The van der Waals surface area contributed by atoms with E-state index in [0.717, 1.165) is 10.1 Å². The van der Waals surface area contributed by atoms with Crippen molar-refractivity contribution in [1.29, 1.82) is 0 Å². The van der Waals surface area contributed by atoms with E-state index in [1.165, 1.54) is 34.1 Å². The van der Waals surface area contributed by atoms with Gasteiger partial charge < -0.3 is 10.6 Å². The zero-order valence-corrected chi connectivity index (χ0v) is 15.4. The van der Waals surface area contributed by atoms with E-state index < -0.39 is 0 Å². The Labute approximate surface area is 153 Å². The van der Waals surface area contributed by atoms with Gasteiger partial charge in [0.05, 0.1) is 12.7 Å². The van der Waals surface area contributed by atoms with Gasteiger partial charge in [-0.2, -0.15) is 0 Å². The third-order valence-corrected chi connectivity index (χ3v) is 4.96. The van der Waals surface area contributed by atoms with E-state index in [4.69, 9.17) is 10.6 Å². The van der Waals surface area contributed by atoms with Crippen LogP contribution in [0.1, 0.15) is 5.69 Å². The first-order valence-corrected chi connectivity index (χ1v) is 8.65. The Balaban J connectivity index is 1.89. The van der Waals surface area contributed by atoms with E-state index in [-0.39, 0.29) is 11.2 Å². The number of hydrogen-bond acceptors (Lipinski definition) is 7. The molecule has 10 heteroatoms. The predicted molar refractivity (Wildman–Crippen MR) is 98.6 cm³/mol. The quantitative estimate of drug-likeness (QED) is 0.507. The second-order valence-electron chi connectivity index (χ2n) is 5.54. The minimum absolute atomic E-state index is 0.350. The summed E-state index contributed by atoms with van der Waals surface area (Å²) in [6.45, 7) is 0. The van der Waals surface area contributed by atoms with Gasteiger partial charge in [-0.1, -0.05) is 23.9 Å². The Morgan fingerprint density at radius 1 is 1.15 bits per heavy atom. The molecule has 0 atom stereocenters. The molecule has 3 rings (SSSR count). The highest BCUT2D eigenvalue weighted by atomic mass is 32.2. The lowest BCUT2D eigenvalue weighted by Crippen LogP contribution is -2.37. The maximum absolute atomic E-state index is 12.0. The summed E-state index contributed by atoms with van der Waals surface area (Å²) in [4.78, 5) is 23.8. The van der Waals surface area contributed by atoms with E-state index in [2.05, 4.69) is 10.2 Å². The smallest absolute Gasteiger partial charge is 0.330 e. The molecule has 9 nitrogen and oxygen atoms in total. The zero-order chi connectivity index (χ0) is 18.8. The Kier molecular flexibility index (Phi) is 4.85. The molecule has 0 radical (unpaired) electrons. The summed E-state index contributed by atoms with van der Waals surface area (Å²) in [5.41, 5.74) is 0.562. The number of hydrogen-bond donors (Lipinski definition) is 1. The second kappa shape index (κ2) is 7.08. The summed E-state index contributed by atoms with van der Waals surface area (Å²) >= 11 is 1.28.